The lowest BCUT2D eigenvalue weighted by Crippen LogP contribution is -2.21. The van der Waals surface area contributed by atoms with Crippen molar-refractivity contribution in [1.29, 1.82) is 0 Å². The number of hydrogen-bond acceptors (Lipinski definition) is 3. The van der Waals surface area contributed by atoms with E-state index in [2.05, 4.69) is 4.98 Å². The predicted octanol–water partition coefficient (Wildman–Crippen LogP) is 1.71. The second kappa shape index (κ2) is 3.59. The van der Waals surface area contributed by atoms with Gasteiger partial charge in [0.25, 0.3) is 0 Å². The minimum atomic E-state index is -0.0758. The second-order valence-electron chi connectivity index (χ2n) is 4.02. The zero-order chi connectivity index (χ0) is 11.1. The highest BCUT2D eigenvalue weighted by Crippen LogP contribution is 2.29. The van der Waals surface area contributed by atoms with Crippen molar-refractivity contribution in [1.82, 2.24) is 9.55 Å². The van der Waals surface area contributed by atoms with Crippen LogP contribution < -0.4 is 5.69 Å². The quantitative estimate of drug-likeness (QED) is 0.792. The molecule has 3 rings (SSSR count). The van der Waals surface area contributed by atoms with Gasteiger partial charge in [0.1, 0.15) is 5.75 Å². The fourth-order valence-corrected chi connectivity index (χ4v) is 3.40. The molecule has 1 atom stereocenters. The molecular weight excluding hydrogens is 224 g/mol. The molecule has 0 radical (unpaired) electrons. The van der Waals surface area contributed by atoms with Crippen LogP contribution in [0.2, 0.25) is 0 Å². The van der Waals surface area contributed by atoms with E-state index in [-0.39, 0.29) is 17.5 Å². The molecule has 0 amide bonds. The van der Waals surface area contributed by atoms with Crippen LogP contribution in [0.3, 0.4) is 0 Å². The molecule has 2 heterocycles. The summed E-state index contributed by atoms with van der Waals surface area (Å²) < 4.78 is 1.81. The third kappa shape index (κ3) is 1.43. The smallest absolute Gasteiger partial charge is 0.326 e. The highest BCUT2D eigenvalue weighted by atomic mass is 32.2. The molecular formula is C11H12N2O2S. The Morgan fingerprint density at radius 2 is 2.38 bits per heavy atom. The van der Waals surface area contributed by atoms with Crippen molar-refractivity contribution in [3.63, 3.8) is 0 Å². The topological polar surface area (TPSA) is 58.0 Å². The van der Waals surface area contributed by atoms with Crippen LogP contribution in [-0.4, -0.2) is 26.2 Å². The van der Waals surface area contributed by atoms with E-state index in [0.29, 0.717) is 5.52 Å². The van der Waals surface area contributed by atoms with Crippen LogP contribution >= 0.6 is 11.8 Å². The van der Waals surface area contributed by atoms with E-state index in [4.69, 9.17) is 0 Å². The molecule has 0 saturated carbocycles. The summed E-state index contributed by atoms with van der Waals surface area (Å²) in [5.74, 6) is 2.29. The molecule has 1 fully saturated rings. The van der Waals surface area contributed by atoms with Gasteiger partial charge < -0.3 is 10.1 Å². The van der Waals surface area contributed by atoms with Crippen LogP contribution in [0.25, 0.3) is 11.0 Å². The third-order valence-corrected chi connectivity index (χ3v) is 4.12. The maximum atomic E-state index is 11.9. The number of phenolic OH excluding ortho intramolecular Hbond substituents is 1. The molecule has 1 aromatic carbocycles. The molecule has 1 unspecified atom stereocenters. The van der Waals surface area contributed by atoms with E-state index < -0.39 is 0 Å². The first-order valence-electron chi connectivity index (χ1n) is 5.27. The van der Waals surface area contributed by atoms with Gasteiger partial charge in [0.05, 0.1) is 11.0 Å². The fraction of sp³-hybridized carbons (Fsp3) is 0.364. The van der Waals surface area contributed by atoms with Crippen LogP contribution in [0.5, 0.6) is 5.75 Å². The van der Waals surface area contributed by atoms with Gasteiger partial charge in [-0.15, -0.1) is 0 Å². The number of fused-ring (bicyclic) bond motifs is 1. The number of thioether (sulfide) groups is 1. The van der Waals surface area contributed by atoms with E-state index in [1.165, 1.54) is 0 Å². The maximum Gasteiger partial charge on any atom is 0.326 e. The Bertz CT molecular complexity index is 581. The number of aromatic amines is 1. The molecule has 0 bridgehead atoms. The summed E-state index contributed by atoms with van der Waals surface area (Å²) in [7, 11) is 0. The zero-order valence-corrected chi connectivity index (χ0v) is 9.46. The lowest BCUT2D eigenvalue weighted by atomic mass is 10.2. The predicted molar refractivity (Wildman–Crippen MR) is 65.2 cm³/mol. The van der Waals surface area contributed by atoms with E-state index in [1.54, 1.807) is 18.2 Å². The summed E-state index contributed by atoms with van der Waals surface area (Å²) in [6.07, 6.45) is 1.04. The van der Waals surface area contributed by atoms with Crippen molar-refractivity contribution >= 4 is 22.8 Å². The SMILES string of the molecule is O=c1[nH]c2cc(O)ccc2n1C1CCSC1. The Morgan fingerprint density at radius 3 is 3.12 bits per heavy atom. The number of rotatable bonds is 1. The van der Waals surface area contributed by atoms with Gasteiger partial charge in [-0.05, 0) is 24.3 Å². The van der Waals surface area contributed by atoms with E-state index in [1.807, 2.05) is 16.3 Å². The fourth-order valence-electron chi connectivity index (χ4n) is 2.21. The number of imidazole rings is 1. The number of aromatic nitrogens is 2. The van der Waals surface area contributed by atoms with Crippen LogP contribution in [-0.2, 0) is 0 Å². The Morgan fingerprint density at radius 1 is 1.50 bits per heavy atom. The van der Waals surface area contributed by atoms with Crippen molar-refractivity contribution in [3.05, 3.63) is 28.7 Å². The van der Waals surface area contributed by atoms with Gasteiger partial charge in [0.15, 0.2) is 0 Å². The number of H-pyrrole nitrogens is 1. The first kappa shape index (κ1) is 9.84. The molecule has 5 heteroatoms. The Kier molecular flexibility index (Phi) is 2.21. The molecule has 84 valence electrons. The first-order valence-corrected chi connectivity index (χ1v) is 6.42. The summed E-state index contributed by atoms with van der Waals surface area (Å²) in [4.78, 5) is 14.6. The van der Waals surface area contributed by atoms with Crippen molar-refractivity contribution in [3.8, 4) is 5.75 Å². The number of benzene rings is 1. The van der Waals surface area contributed by atoms with Crippen molar-refractivity contribution in [2.75, 3.05) is 11.5 Å². The highest BCUT2D eigenvalue weighted by molar-refractivity contribution is 7.99. The monoisotopic (exact) mass is 236 g/mol. The summed E-state index contributed by atoms with van der Waals surface area (Å²) in [5.41, 5.74) is 1.52. The van der Waals surface area contributed by atoms with Gasteiger partial charge in [-0.25, -0.2) is 4.79 Å². The van der Waals surface area contributed by atoms with Crippen molar-refractivity contribution < 1.29 is 5.11 Å². The number of aromatic hydroxyl groups is 1. The average Bonchev–Trinajstić information content (AvgIpc) is 2.83. The first-order chi connectivity index (χ1) is 7.75. The summed E-state index contributed by atoms with van der Waals surface area (Å²) in [6, 6.07) is 5.30. The van der Waals surface area contributed by atoms with E-state index in [9.17, 15) is 9.90 Å². The van der Waals surface area contributed by atoms with Crippen LogP contribution in [0.4, 0.5) is 0 Å². The van der Waals surface area contributed by atoms with E-state index in [0.717, 1.165) is 23.4 Å². The van der Waals surface area contributed by atoms with Gasteiger partial charge in [-0.3, -0.25) is 4.57 Å². The number of nitrogens with one attached hydrogen (secondary N) is 1. The molecule has 1 aliphatic rings. The molecule has 1 saturated heterocycles. The van der Waals surface area contributed by atoms with E-state index >= 15 is 0 Å². The Labute approximate surface area is 96.3 Å². The van der Waals surface area contributed by atoms with Crippen LogP contribution in [0, 0.1) is 0 Å². The van der Waals surface area contributed by atoms with Crippen LogP contribution in [0.1, 0.15) is 12.5 Å². The summed E-state index contributed by atoms with van der Waals surface area (Å²) in [6.45, 7) is 0. The van der Waals surface area contributed by atoms with Gasteiger partial charge in [0, 0.05) is 17.9 Å². The minimum Gasteiger partial charge on any atom is -0.508 e. The average molecular weight is 236 g/mol. The van der Waals surface area contributed by atoms with Gasteiger partial charge >= 0.3 is 5.69 Å². The molecule has 2 N–H and O–H groups in total. The third-order valence-electron chi connectivity index (χ3n) is 2.97. The molecule has 2 aromatic rings. The maximum absolute atomic E-state index is 11.9. The second-order valence-corrected chi connectivity index (χ2v) is 5.17. The minimum absolute atomic E-state index is 0.0758. The molecule has 0 aliphatic carbocycles. The summed E-state index contributed by atoms with van der Waals surface area (Å²) >= 11 is 1.88. The number of phenols is 1. The Hall–Kier alpha value is -1.36. The standard InChI is InChI=1S/C11H12N2O2S/c14-8-1-2-10-9(5-8)12-11(15)13(10)7-3-4-16-6-7/h1-2,5,7,14H,3-4,6H2,(H,12,15). The normalized spacial score (nSPS) is 20.6. The van der Waals surface area contributed by atoms with Gasteiger partial charge in [-0.1, -0.05) is 0 Å². The zero-order valence-electron chi connectivity index (χ0n) is 8.64. The molecule has 1 aliphatic heterocycles. The van der Waals surface area contributed by atoms with Crippen molar-refractivity contribution in [2.24, 2.45) is 0 Å². The lowest BCUT2D eigenvalue weighted by molar-refractivity contribution is 0.476. The van der Waals surface area contributed by atoms with Gasteiger partial charge in [0.2, 0.25) is 0 Å². The number of nitrogens with zero attached hydrogens (tertiary/aromatic N) is 1. The van der Waals surface area contributed by atoms with Crippen molar-refractivity contribution in [2.45, 2.75) is 12.5 Å². The largest absolute Gasteiger partial charge is 0.508 e. The molecule has 0 spiro atoms. The molecule has 1 aromatic heterocycles. The molecule has 4 nitrogen and oxygen atoms in total. The highest BCUT2D eigenvalue weighted by Gasteiger charge is 2.21. The Balaban J connectivity index is 2.23. The lowest BCUT2D eigenvalue weighted by Gasteiger charge is -2.10. The number of hydrogen-bond donors (Lipinski definition) is 2. The molecule has 16 heavy (non-hydrogen) atoms. The summed E-state index contributed by atoms with van der Waals surface area (Å²) in [5, 5.41) is 9.36. The van der Waals surface area contributed by atoms with Gasteiger partial charge in [-0.2, -0.15) is 11.8 Å². The van der Waals surface area contributed by atoms with Crippen LogP contribution in [0.15, 0.2) is 23.0 Å².